The summed E-state index contributed by atoms with van der Waals surface area (Å²) in [6, 6.07) is 16.3. The maximum absolute atomic E-state index is 12.9. The Balaban J connectivity index is 1.70. The molecular weight excluding hydrogens is 370 g/mol. The lowest BCUT2D eigenvalue weighted by atomic mass is 10.2. The van der Waals surface area contributed by atoms with Gasteiger partial charge in [0.1, 0.15) is 18.1 Å². The first-order valence-electron chi connectivity index (χ1n) is 9.27. The monoisotopic (exact) mass is 393 g/mol. The second-order valence-corrected chi connectivity index (χ2v) is 6.39. The van der Waals surface area contributed by atoms with Crippen LogP contribution in [-0.2, 0) is 4.79 Å². The van der Waals surface area contributed by atoms with Gasteiger partial charge in [0, 0.05) is 17.8 Å². The summed E-state index contributed by atoms with van der Waals surface area (Å²) in [6.07, 6.45) is 0. The standard InChI is InChI=1S/C22H23N3O4/c1-4-25(14-19(26)23-17-10-12-18(28-3)13-11-17)22(27)20-15(2)29-21(24-20)16-8-6-5-7-9-16/h5-13H,4,14H2,1-3H3,(H,23,26). The Morgan fingerprint density at radius 3 is 2.41 bits per heavy atom. The molecule has 2 aromatic carbocycles. The Bertz CT molecular complexity index is 981. The third-order valence-corrected chi connectivity index (χ3v) is 4.40. The number of hydrogen-bond acceptors (Lipinski definition) is 5. The number of benzene rings is 2. The molecule has 1 aromatic heterocycles. The molecule has 0 aliphatic carbocycles. The number of rotatable bonds is 7. The molecule has 0 radical (unpaired) electrons. The van der Waals surface area contributed by atoms with Crippen LogP contribution in [0.4, 0.5) is 5.69 Å². The number of carbonyl (C=O) groups excluding carboxylic acids is 2. The Kier molecular flexibility index (Phi) is 6.29. The van der Waals surface area contributed by atoms with Gasteiger partial charge in [-0.25, -0.2) is 4.98 Å². The third-order valence-electron chi connectivity index (χ3n) is 4.40. The van der Waals surface area contributed by atoms with Crippen LogP contribution in [0.5, 0.6) is 5.75 Å². The largest absolute Gasteiger partial charge is 0.497 e. The van der Waals surface area contributed by atoms with Crippen LogP contribution in [0.1, 0.15) is 23.2 Å². The zero-order chi connectivity index (χ0) is 20.8. The molecule has 0 fully saturated rings. The van der Waals surface area contributed by atoms with Gasteiger partial charge >= 0.3 is 0 Å². The van der Waals surface area contributed by atoms with E-state index >= 15 is 0 Å². The van der Waals surface area contributed by atoms with Crippen molar-refractivity contribution in [3.63, 3.8) is 0 Å². The molecule has 1 heterocycles. The van der Waals surface area contributed by atoms with Crippen LogP contribution in [0.3, 0.4) is 0 Å². The maximum Gasteiger partial charge on any atom is 0.276 e. The second kappa shape index (κ2) is 9.05. The molecule has 0 aliphatic heterocycles. The lowest BCUT2D eigenvalue weighted by Gasteiger charge is -2.19. The van der Waals surface area contributed by atoms with Crippen LogP contribution in [-0.4, -0.2) is 41.9 Å². The SMILES string of the molecule is CCN(CC(=O)Nc1ccc(OC)cc1)C(=O)c1nc(-c2ccccc2)oc1C. The highest BCUT2D eigenvalue weighted by Gasteiger charge is 2.24. The first kappa shape index (κ1) is 20.1. The first-order valence-corrected chi connectivity index (χ1v) is 9.27. The number of hydrogen-bond donors (Lipinski definition) is 1. The van der Waals surface area contributed by atoms with Gasteiger partial charge < -0.3 is 19.4 Å². The molecule has 0 saturated heterocycles. The van der Waals surface area contributed by atoms with E-state index in [0.717, 1.165) is 5.56 Å². The highest BCUT2D eigenvalue weighted by Crippen LogP contribution is 2.22. The average Bonchev–Trinajstić information content (AvgIpc) is 3.14. The molecule has 29 heavy (non-hydrogen) atoms. The lowest BCUT2D eigenvalue weighted by Crippen LogP contribution is -2.38. The third kappa shape index (κ3) is 4.82. The number of anilines is 1. The number of methoxy groups -OCH3 is 1. The van der Waals surface area contributed by atoms with E-state index in [0.29, 0.717) is 29.6 Å². The molecule has 3 aromatic rings. The molecule has 0 saturated carbocycles. The van der Waals surface area contributed by atoms with Crippen molar-refractivity contribution >= 4 is 17.5 Å². The van der Waals surface area contributed by atoms with Crippen molar-refractivity contribution in [2.24, 2.45) is 0 Å². The van der Waals surface area contributed by atoms with Gasteiger partial charge in [0.15, 0.2) is 5.69 Å². The number of oxazole rings is 1. The summed E-state index contributed by atoms with van der Waals surface area (Å²) in [5.74, 6) is 0.854. The quantitative estimate of drug-likeness (QED) is 0.661. The summed E-state index contributed by atoms with van der Waals surface area (Å²) in [6.45, 7) is 3.78. The molecule has 2 amide bonds. The van der Waals surface area contributed by atoms with Crippen LogP contribution >= 0.6 is 0 Å². The van der Waals surface area contributed by atoms with Gasteiger partial charge in [0.05, 0.1) is 7.11 Å². The average molecular weight is 393 g/mol. The van der Waals surface area contributed by atoms with E-state index < -0.39 is 0 Å². The summed E-state index contributed by atoms with van der Waals surface area (Å²) < 4.78 is 10.8. The van der Waals surface area contributed by atoms with Gasteiger partial charge in [-0.2, -0.15) is 0 Å². The summed E-state index contributed by atoms with van der Waals surface area (Å²) in [7, 11) is 1.58. The number of ether oxygens (including phenoxy) is 1. The summed E-state index contributed by atoms with van der Waals surface area (Å²) in [5, 5.41) is 2.78. The van der Waals surface area contributed by atoms with Crippen LogP contribution in [0, 0.1) is 6.92 Å². The fraction of sp³-hybridized carbons (Fsp3) is 0.227. The maximum atomic E-state index is 12.9. The Labute approximate surface area is 169 Å². The second-order valence-electron chi connectivity index (χ2n) is 6.39. The fourth-order valence-corrected chi connectivity index (χ4v) is 2.82. The van der Waals surface area contributed by atoms with Crippen molar-refractivity contribution in [3.05, 3.63) is 66.1 Å². The predicted octanol–water partition coefficient (Wildman–Crippen LogP) is 3.76. The van der Waals surface area contributed by atoms with Crippen LogP contribution in [0.2, 0.25) is 0 Å². The first-order chi connectivity index (χ1) is 14.0. The van der Waals surface area contributed by atoms with Crippen molar-refractivity contribution in [2.45, 2.75) is 13.8 Å². The molecule has 7 heteroatoms. The predicted molar refractivity (Wildman–Crippen MR) is 110 cm³/mol. The molecule has 0 bridgehead atoms. The summed E-state index contributed by atoms with van der Waals surface area (Å²) in [5.41, 5.74) is 1.63. The van der Waals surface area contributed by atoms with E-state index in [1.807, 2.05) is 37.3 Å². The smallest absolute Gasteiger partial charge is 0.276 e. The highest BCUT2D eigenvalue weighted by atomic mass is 16.5. The van der Waals surface area contributed by atoms with E-state index in [1.54, 1.807) is 38.3 Å². The van der Waals surface area contributed by atoms with Gasteiger partial charge in [-0.3, -0.25) is 9.59 Å². The van der Waals surface area contributed by atoms with Gasteiger partial charge in [0.2, 0.25) is 11.8 Å². The number of aromatic nitrogens is 1. The zero-order valence-corrected chi connectivity index (χ0v) is 16.6. The summed E-state index contributed by atoms with van der Waals surface area (Å²) >= 11 is 0. The van der Waals surface area contributed by atoms with Gasteiger partial charge in [-0.15, -0.1) is 0 Å². The molecule has 0 spiro atoms. The fourth-order valence-electron chi connectivity index (χ4n) is 2.82. The molecule has 0 atom stereocenters. The number of carbonyl (C=O) groups is 2. The Morgan fingerprint density at radius 1 is 1.10 bits per heavy atom. The van der Waals surface area contributed by atoms with Crippen LogP contribution in [0.15, 0.2) is 59.0 Å². The molecular formula is C22H23N3O4. The number of nitrogens with one attached hydrogen (secondary N) is 1. The minimum atomic E-state index is -0.346. The van der Waals surface area contributed by atoms with E-state index in [-0.39, 0.29) is 24.1 Å². The topological polar surface area (TPSA) is 84.7 Å². The van der Waals surface area contributed by atoms with Crippen LogP contribution < -0.4 is 10.1 Å². The molecule has 0 unspecified atom stereocenters. The molecule has 150 valence electrons. The van der Waals surface area contributed by atoms with Crippen molar-refractivity contribution in [2.75, 3.05) is 25.5 Å². The Morgan fingerprint density at radius 2 is 1.79 bits per heavy atom. The Hall–Kier alpha value is -3.61. The van der Waals surface area contributed by atoms with E-state index in [9.17, 15) is 9.59 Å². The molecule has 1 N–H and O–H groups in total. The van der Waals surface area contributed by atoms with Gasteiger partial charge in [-0.05, 0) is 50.2 Å². The molecule has 7 nitrogen and oxygen atoms in total. The number of aryl methyl sites for hydroxylation is 1. The molecule has 3 rings (SSSR count). The zero-order valence-electron chi connectivity index (χ0n) is 16.6. The summed E-state index contributed by atoms with van der Waals surface area (Å²) in [4.78, 5) is 31.1. The molecule has 0 aliphatic rings. The van der Waals surface area contributed by atoms with Crippen molar-refractivity contribution in [3.8, 4) is 17.2 Å². The van der Waals surface area contributed by atoms with E-state index in [4.69, 9.17) is 9.15 Å². The number of amides is 2. The van der Waals surface area contributed by atoms with Crippen molar-refractivity contribution in [1.29, 1.82) is 0 Å². The minimum absolute atomic E-state index is 0.0890. The normalized spacial score (nSPS) is 10.4. The number of nitrogens with zero attached hydrogens (tertiary/aromatic N) is 2. The van der Waals surface area contributed by atoms with Gasteiger partial charge in [0.25, 0.3) is 5.91 Å². The minimum Gasteiger partial charge on any atom is -0.497 e. The highest BCUT2D eigenvalue weighted by molar-refractivity contribution is 5.99. The van der Waals surface area contributed by atoms with E-state index in [2.05, 4.69) is 10.3 Å². The lowest BCUT2D eigenvalue weighted by molar-refractivity contribution is -0.116. The van der Waals surface area contributed by atoms with E-state index in [1.165, 1.54) is 4.90 Å². The number of likely N-dealkylation sites (N-methyl/N-ethyl adjacent to an activating group) is 1. The van der Waals surface area contributed by atoms with Crippen LogP contribution in [0.25, 0.3) is 11.5 Å². The van der Waals surface area contributed by atoms with Crippen molar-refractivity contribution in [1.82, 2.24) is 9.88 Å². The van der Waals surface area contributed by atoms with Gasteiger partial charge in [-0.1, -0.05) is 18.2 Å². The van der Waals surface area contributed by atoms with Crippen molar-refractivity contribution < 1.29 is 18.7 Å².